The largest absolute Gasteiger partial charge is 0.478 e. The molecule has 4 aromatic rings. The minimum absolute atomic E-state index is 0.125. The molecule has 0 saturated heterocycles. The van der Waals surface area contributed by atoms with Crippen molar-refractivity contribution < 1.29 is 18.7 Å². The van der Waals surface area contributed by atoms with E-state index in [1.165, 1.54) is 18.2 Å². The molecule has 36 heavy (non-hydrogen) atoms. The lowest BCUT2D eigenvalue weighted by atomic mass is 9.83. The van der Waals surface area contributed by atoms with Crippen LogP contribution in [0.15, 0.2) is 60.7 Å². The van der Waals surface area contributed by atoms with Crippen molar-refractivity contribution in [3.05, 3.63) is 106 Å². The molecule has 1 heterocycles. The Kier molecular flexibility index (Phi) is 5.95. The Balaban J connectivity index is 1.82. The van der Waals surface area contributed by atoms with Crippen LogP contribution in [0.1, 0.15) is 46.2 Å². The molecule has 5 nitrogen and oxygen atoms in total. The van der Waals surface area contributed by atoms with Crippen LogP contribution in [0.4, 0.5) is 8.78 Å². The molecular formula is C29H21F2N3O2. The summed E-state index contributed by atoms with van der Waals surface area (Å²) in [5, 5.41) is 25.5. The summed E-state index contributed by atoms with van der Waals surface area (Å²) in [6, 6.07) is 17.6. The van der Waals surface area contributed by atoms with Gasteiger partial charge in [0.15, 0.2) is 0 Å². The summed E-state index contributed by atoms with van der Waals surface area (Å²) < 4.78 is 28.7. The number of nitrogens with zero attached hydrogens (tertiary/aromatic N) is 2. The maximum atomic E-state index is 14.7. The number of carboxylic acids is 1. The van der Waals surface area contributed by atoms with E-state index in [2.05, 4.69) is 16.3 Å². The van der Waals surface area contributed by atoms with Crippen LogP contribution in [0.2, 0.25) is 0 Å². The molecule has 0 spiro atoms. The third-order valence-corrected chi connectivity index (χ3v) is 6.41. The van der Waals surface area contributed by atoms with E-state index in [0.29, 0.717) is 16.6 Å². The van der Waals surface area contributed by atoms with E-state index in [4.69, 9.17) is 5.11 Å². The molecule has 0 aliphatic heterocycles. The maximum Gasteiger partial charge on any atom is 0.328 e. The first-order valence-electron chi connectivity index (χ1n) is 11.5. The highest BCUT2D eigenvalue weighted by Crippen LogP contribution is 2.49. The Bertz CT molecular complexity index is 1600. The minimum Gasteiger partial charge on any atom is -0.478 e. The molecule has 178 valence electrons. The van der Waals surface area contributed by atoms with Crippen LogP contribution in [0.25, 0.3) is 28.1 Å². The quantitative estimate of drug-likeness (QED) is 0.243. The predicted octanol–water partition coefficient (Wildman–Crippen LogP) is 6.49. The van der Waals surface area contributed by atoms with Gasteiger partial charge in [-0.15, -0.1) is 0 Å². The molecule has 3 aromatic carbocycles. The Morgan fingerprint density at radius 2 is 1.83 bits per heavy atom. The fraction of sp³-hybridized carbons (Fsp3) is 0.138. The van der Waals surface area contributed by atoms with Crippen molar-refractivity contribution in [3.8, 4) is 6.07 Å². The monoisotopic (exact) mass is 481 g/mol. The number of aromatic amines is 1. The van der Waals surface area contributed by atoms with E-state index in [0.717, 1.165) is 46.8 Å². The molecule has 1 aromatic heterocycles. The number of aliphatic carboxylic acids is 1. The molecule has 1 aliphatic rings. The van der Waals surface area contributed by atoms with E-state index in [1.54, 1.807) is 30.3 Å². The molecule has 2 N–H and O–H groups in total. The van der Waals surface area contributed by atoms with Gasteiger partial charge in [0.05, 0.1) is 16.5 Å². The Morgan fingerprint density at radius 1 is 1.11 bits per heavy atom. The van der Waals surface area contributed by atoms with Gasteiger partial charge in [-0.1, -0.05) is 36.4 Å². The number of carboxylic acid groups (broad SMARTS) is 1. The lowest BCUT2D eigenvalue weighted by Crippen LogP contribution is -2.02. The third kappa shape index (κ3) is 4.29. The Hall–Kier alpha value is -4.57. The van der Waals surface area contributed by atoms with E-state index < -0.39 is 11.9 Å². The third-order valence-electron chi connectivity index (χ3n) is 6.41. The predicted molar refractivity (Wildman–Crippen MR) is 134 cm³/mol. The number of fused-ring (bicyclic) bond motifs is 1. The van der Waals surface area contributed by atoms with E-state index >= 15 is 0 Å². The van der Waals surface area contributed by atoms with Crippen LogP contribution >= 0.6 is 0 Å². The number of nitrogens with one attached hydrogen (secondary N) is 1. The van der Waals surface area contributed by atoms with Crippen molar-refractivity contribution in [2.24, 2.45) is 5.92 Å². The lowest BCUT2D eigenvalue weighted by molar-refractivity contribution is -0.131. The zero-order valence-electron chi connectivity index (χ0n) is 19.3. The molecule has 1 aliphatic carbocycles. The second-order valence-electron chi connectivity index (χ2n) is 8.85. The number of hydrogen-bond acceptors (Lipinski definition) is 3. The van der Waals surface area contributed by atoms with Crippen LogP contribution in [0.3, 0.4) is 0 Å². The summed E-state index contributed by atoms with van der Waals surface area (Å²) in [6.45, 7) is 1.85. The molecule has 5 rings (SSSR count). The fourth-order valence-corrected chi connectivity index (χ4v) is 4.64. The van der Waals surface area contributed by atoms with Gasteiger partial charge in [-0.3, -0.25) is 5.10 Å². The minimum atomic E-state index is -1.04. The van der Waals surface area contributed by atoms with Gasteiger partial charge in [0.25, 0.3) is 0 Å². The van der Waals surface area contributed by atoms with Crippen molar-refractivity contribution in [1.82, 2.24) is 10.2 Å². The van der Waals surface area contributed by atoms with Crippen LogP contribution < -0.4 is 0 Å². The summed E-state index contributed by atoms with van der Waals surface area (Å²) in [4.78, 5) is 10.9. The molecule has 7 heteroatoms. The number of allylic oxidation sites excluding steroid dienone is 1. The Labute approximate surface area is 206 Å². The molecule has 0 unspecified atom stereocenters. The van der Waals surface area contributed by atoms with Crippen LogP contribution in [-0.4, -0.2) is 21.3 Å². The number of aryl methyl sites for hydroxylation is 1. The lowest BCUT2D eigenvalue weighted by Gasteiger charge is -2.20. The standard InChI is InChI=1S/C29H21F2N3O2/c1-16-14-20(30)9-10-21(16)26(19-7-8-19)27(18-5-2-17(3-6-18)4-13-25(35)36)22-11-12-24-28(23(22)15-32)29(31)34-33-24/h2-6,9-14,19H,7-8H2,1H3,(H,33,34)(H,35,36)/b13-4+,27-26+. The summed E-state index contributed by atoms with van der Waals surface area (Å²) in [6.07, 6.45) is 4.44. The van der Waals surface area contributed by atoms with Gasteiger partial charge in [-0.2, -0.15) is 14.8 Å². The number of halogens is 2. The number of aromatic nitrogens is 2. The summed E-state index contributed by atoms with van der Waals surface area (Å²) in [5.74, 6) is -1.85. The number of H-pyrrole nitrogens is 1. The van der Waals surface area contributed by atoms with Crippen LogP contribution in [0, 0.1) is 35.9 Å². The number of benzene rings is 3. The number of carbonyl (C=O) groups is 1. The van der Waals surface area contributed by atoms with E-state index in [-0.39, 0.29) is 22.7 Å². The summed E-state index contributed by atoms with van der Waals surface area (Å²) in [5.41, 5.74) is 5.95. The van der Waals surface area contributed by atoms with Gasteiger partial charge in [-0.05, 0) is 83.4 Å². The zero-order chi connectivity index (χ0) is 25.4. The van der Waals surface area contributed by atoms with Crippen molar-refractivity contribution in [2.75, 3.05) is 0 Å². The molecule has 0 atom stereocenters. The average molecular weight is 482 g/mol. The second-order valence-corrected chi connectivity index (χ2v) is 8.85. The van der Waals surface area contributed by atoms with Gasteiger partial charge in [0.2, 0.25) is 5.95 Å². The van der Waals surface area contributed by atoms with Crippen molar-refractivity contribution in [1.29, 1.82) is 5.26 Å². The maximum absolute atomic E-state index is 14.7. The first-order valence-corrected chi connectivity index (χ1v) is 11.5. The van der Waals surface area contributed by atoms with Crippen molar-refractivity contribution in [3.63, 3.8) is 0 Å². The van der Waals surface area contributed by atoms with Gasteiger partial charge in [0.1, 0.15) is 11.9 Å². The first-order chi connectivity index (χ1) is 17.4. The van der Waals surface area contributed by atoms with Crippen LogP contribution in [0.5, 0.6) is 0 Å². The van der Waals surface area contributed by atoms with E-state index in [1.807, 2.05) is 19.1 Å². The molecule has 0 bridgehead atoms. The van der Waals surface area contributed by atoms with Gasteiger partial charge < -0.3 is 5.11 Å². The highest BCUT2D eigenvalue weighted by molar-refractivity contribution is 6.04. The number of hydrogen-bond donors (Lipinski definition) is 2. The SMILES string of the molecule is Cc1cc(F)ccc1/C(=C(\c1ccc(/C=C/C(=O)O)cc1)c1ccc2n[nH]c(F)c2c1C#N)C1CC1. The van der Waals surface area contributed by atoms with Gasteiger partial charge >= 0.3 is 5.97 Å². The summed E-state index contributed by atoms with van der Waals surface area (Å²) >= 11 is 0. The van der Waals surface area contributed by atoms with E-state index in [9.17, 15) is 18.8 Å². The van der Waals surface area contributed by atoms with Gasteiger partial charge in [-0.25, -0.2) is 9.18 Å². The fourth-order valence-electron chi connectivity index (χ4n) is 4.64. The molecule has 1 saturated carbocycles. The average Bonchev–Trinajstić information content (AvgIpc) is 3.63. The molecular weight excluding hydrogens is 460 g/mol. The smallest absolute Gasteiger partial charge is 0.328 e. The number of rotatable bonds is 6. The van der Waals surface area contributed by atoms with Crippen molar-refractivity contribution in [2.45, 2.75) is 19.8 Å². The highest BCUT2D eigenvalue weighted by Gasteiger charge is 2.32. The highest BCUT2D eigenvalue weighted by atomic mass is 19.1. The Morgan fingerprint density at radius 3 is 2.47 bits per heavy atom. The zero-order valence-corrected chi connectivity index (χ0v) is 19.3. The summed E-state index contributed by atoms with van der Waals surface area (Å²) in [7, 11) is 0. The van der Waals surface area contributed by atoms with Crippen LogP contribution in [-0.2, 0) is 4.79 Å². The van der Waals surface area contributed by atoms with Crippen molar-refractivity contribution >= 4 is 34.1 Å². The second kappa shape index (κ2) is 9.23. The molecule has 0 radical (unpaired) electrons. The van der Waals surface area contributed by atoms with Gasteiger partial charge in [0, 0.05) is 11.6 Å². The molecule has 1 fully saturated rings. The topological polar surface area (TPSA) is 89.8 Å². The first kappa shape index (κ1) is 23.2. The normalized spacial score (nSPS) is 14.2. The molecule has 0 amide bonds. The number of nitriles is 1.